The quantitative estimate of drug-likeness (QED) is 0.497. The molecule has 0 aliphatic carbocycles. The zero-order valence-electron chi connectivity index (χ0n) is 14.2. The minimum absolute atomic E-state index is 0.00116. The summed E-state index contributed by atoms with van der Waals surface area (Å²) in [5.74, 6) is -0.0137. The Morgan fingerprint density at radius 1 is 0.960 bits per heavy atom. The van der Waals surface area contributed by atoms with Crippen LogP contribution < -0.4 is 0 Å². The minimum Gasteiger partial charge on any atom is -0.508 e. The highest BCUT2D eigenvalue weighted by molar-refractivity contribution is 5.44. The van der Waals surface area contributed by atoms with Crippen LogP contribution >= 0.6 is 0 Å². The summed E-state index contributed by atoms with van der Waals surface area (Å²) >= 11 is 0. The largest absolute Gasteiger partial charge is 0.508 e. The molecule has 5 heteroatoms. The molecule has 5 N–H and O–H groups in total. The van der Waals surface area contributed by atoms with Crippen LogP contribution in [-0.4, -0.2) is 31.6 Å². The van der Waals surface area contributed by atoms with E-state index in [1.54, 1.807) is 25.1 Å². The van der Waals surface area contributed by atoms with E-state index < -0.39 is 6.10 Å². The number of benzene rings is 2. The molecule has 0 aliphatic heterocycles. The molecule has 0 spiro atoms. The van der Waals surface area contributed by atoms with Gasteiger partial charge >= 0.3 is 0 Å². The van der Waals surface area contributed by atoms with Gasteiger partial charge in [0.05, 0.1) is 12.7 Å². The summed E-state index contributed by atoms with van der Waals surface area (Å²) in [5.41, 5.74) is 3.29. The summed E-state index contributed by atoms with van der Waals surface area (Å²) in [4.78, 5) is 0. The fraction of sp³-hybridized carbons (Fsp3) is 0.300. The summed E-state index contributed by atoms with van der Waals surface area (Å²) in [5, 5.41) is 48.8. The second kappa shape index (κ2) is 8.05. The number of phenolic OH excluding ortho intramolecular Hbond substituents is 2. The molecule has 0 saturated heterocycles. The Hall–Kier alpha value is -2.50. The van der Waals surface area contributed by atoms with E-state index in [0.717, 1.165) is 11.1 Å². The van der Waals surface area contributed by atoms with E-state index in [9.17, 15) is 25.5 Å². The predicted molar refractivity (Wildman–Crippen MR) is 95.7 cm³/mol. The van der Waals surface area contributed by atoms with Gasteiger partial charge in [0.15, 0.2) is 0 Å². The topological polar surface area (TPSA) is 101 Å². The van der Waals surface area contributed by atoms with Gasteiger partial charge < -0.3 is 25.5 Å². The molecular formula is C20H24O5. The molecule has 2 rings (SSSR count). The second-order valence-corrected chi connectivity index (χ2v) is 6.33. The van der Waals surface area contributed by atoms with E-state index in [1.165, 1.54) is 6.07 Å². The molecule has 0 bridgehead atoms. The third kappa shape index (κ3) is 4.98. The van der Waals surface area contributed by atoms with Crippen LogP contribution in [-0.2, 0) is 25.9 Å². The van der Waals surface area contributed by atoms with Crippen LogP contribution in [0.2, 0.25) is 0 Å². The minimum atomic E-state index is -0.747. The van der Waals surface area contributed by atoms with Crippen molar-refractivity contribution in [3.63, 3.8) is 0 Å². The molecule has 0 aliphatic rings. The average Bonchev–Trinajstić information content (AvgIpc) is 2.51. The molecule has 0 radical (unpaired) electrons. The molecule has 1 atom stereocenters. The van der Waals surface area contributed by atoms with Crippen LogP contribution in [0.5, 0.6) is 17.2 Å². The summed E-state index contributed by atoms with van der Waals surface area (Å²) in [6.45, 7) is 5.13. The lowest BCUT2D eigenvalue weighted by Gasteiger charge is -2.16. The van der Waals surface area contributed by atoms with Gasteiger partial charge in [-0.25, -0.2) is 0 Å². The first-order valence-corrected chi connectivity index (χ1v) is 8.10. The second-order valence-electron chi connectivity index (χ2n) is 6.33. The van der Waals surface area contributed by atoms with Crippen molar-refractivity contribution in [1.82, 2.24) is 0 Å². The van der Waals surface area contributed by atoms with Gasteiger partial charge in [-0.1, -0.05) is 18.2 Å². The Labute approximate surface area is 147 Å². The lowest BCUT2D eigenvalue weighted by Crippen LogP contribution is -2.13. The van der Waals surface area contributed by atoms with Crippen molar-refractivity contribution in [3.05, 3.63) is 64.7 Å². The smallest absolute Gasteiger partial charge is 0.121 e. The van der Waals surface area contributed by atoms with Crippen LogP contribution in [0.25, 0.3) is 0 Å². The van der Waals surface area contributed by atoms with Gasteiger partial charge in [0.25, 0.3) is 0 Å². The number of aliphatic hydroxyl groups excluding tert-OH is 2. The maximum atomic E-state index is 10.2. The lowest BCUT2D eigenvalue weighted by atomic mass is 9.94. The van der Waals surface area contributed by atoms with Crippen LogP contribution in [0.3, 0.4) is 0 Å². The third-order valence-corrected chi connectivity index (χ3v) is 4.18. The van der Waals surface area contributed by atoms with Gasteiger partial charge in [-0.05, 0) is 54.7 Å². The first-order chi connectivity index (χ1) is 11.8. The summed E-state index contributed by atoms with van der Waals surface area (Å²) < 4.78 is 0. The van der Waals surface area contributed by atoms with Crippen molar-refractivity contribution in [1.29, 1.82) is 0 Å². The molecular weight excluding hydrogens is 320 g/mol. The van der Waals surface area contributed by atoms with E-state index >= 15 is 0 Å². The normalized spacial score (nSPS) is 12.1. The molecule has 0 aromatic heterocycles. The first-order valence-electron chi connectivity index (χ1n) is 8.10. The van der Waals surface area contributed by atoms with Crippen molar-refractivity contribution >= 4 is 0 Å². The fourth-order valence-corrected chi connectivity index (χ4v) is 2.76. The third-order valence-electron chi connectivity index (χ3n) is 4.18. The molecule has 1 unspecified atom stereocenters. The van der Waals surface area contributed by atoms with E-state index in [4.69, 9.17) is 0 Å². The van der Waals surface area contributed by atoms with E-state index in [2.05, 4.69) is 6.58 Å². The number of hydrogen-bond donors (Lipinski definition) is 5. The summed E-state index contributed by atoms with van der Waals surface area (Å²) in [6, 6.07) is 7.86. The van der Waals surface area contributed by atoms with Crippen molar-refractivity contribution in [2.24, 2.45) is 0 Å². The number of aryl methyl sites for hydroxylation is 2. The molecule has 0 saturated carbocycles. The van der Waals surface area contributed by atoms with E-state index in [1.807, 2.05) is 6.07 Å². The lowest BCUT2D eigenvalue weighted by molar-refractivity contribution is 0.209. The van der Waals surface area contributed by atoms with Crippen LogP contribution in [0.4, 0.5) is 0 Å². The Morgan fingerprint density at radius 3 is 2.04 bits per heavy atom. The number of aliphatic hydroxyl groups is 2. The summed E-state index contributed by atoms with van der Waals surface area (Å²) in [6.07, 6.45) is 0.642. The van der Waals surface area contributed by atoms with Gasteiger partial charge in [0.1, 0.15) is 17.2 Å². The van der Waals surface area contributed by atoms with Crippen molar-refractivity contribution < 1.29 is 25.5 Å². The Bertz CT molecular complexity index is 747. The zero-order valence-corrected chi connectivity index (χ0v) is 14.2. The van der Waals surface area contributed by atoms with Crippen LogP contribution in [0.15, 0.2) is 42.5 Å². The number of hydrogen-bond acceptors (Lipinski definition) is 5. The molecule has 25 heavy (non-hydrogen) atoms. The fourth-order valence-electron chi connectivity index (χ4n) is 2.76. The number of phenols is 3. The maximum absolute atomic E-state index is 10.2. The highest BCUT2D eigenvalue weighted by Gasteiger charge is 2.14. The Balaban J connectivity index is 2.23. The highest BCUT2D eigenvalue weighted by atomic mass is 16.3. The molecule has 5 nitrogen and oxygen atoms in total. The van der Waals surface area contributed by atoms with Crippen molar-refractivity contribution in [3.8, 4) is 17.2 Å². The molecule has 0 amide bonds. The van der Waals surface area contributed by atoms with Crippen LogP contribution in [0.1, 0.15) is 29.2 Å². The van der Waals surface area contributed by atoms with Crippen molar-refractivity contribution in [2.75, 3.05) is 0 Å². The molecule has 134 valence electrons. The van der Waals surface area contributed by atoms with Crippen molar-refractivity contribution in [2.45, 2.75) is 38.9 Å². The van der Waals surface area contributed by atoms with Gasteiger partial charge in [-0.2, -0.15) is 0 Å². The molecule has 2 aromatic rings. The Morgan fingerprint density at radius 2 is 1.52 bits per heavy atom. The van der Waals surface area contributed by atoms with Gasteiger partial charge in [-0.3, -0.25) is 0 Å². The van der Waals surface area contributed by atoms with E-state index in [0.29, 0.717) is 29.5 Å². The maximum Gasteiger partial charge on any atom is 0.121 e. The predicted octanol–water partition coefficient (Wildman–Crippen LogP) is 2.56. The van der Waals surface area contributed by atoms with Gasteiger partial charge in [0.2, 0.25) is 0 Å². The van der Waals surface area contributed by atoms with Gasteiger partial charge in [-0.15, -0.1) is 0 Å². The number of rotatable bonds is 7. The molecule has 2 aromatic carbocycles. The Kier molecular flexibility index (Phi) is 6.07. The number of aromatic hydroxyl groups is 3. The monoisotopic (exact) mass is 344 g/mol. The standard InChI is InChI=1S/C20H24O5/c1-12(2)19(24)9-15-5-13(8-20(25)18(15)11-21)3-4-14-6-16(22)10-17(23)7-14/h5-8,10,19,21-25H,1,3-4,9,11H2,2H3. The zero-order chi connectivity index (χ0) is 18.6. The summed E-state index contributed by atoms with van der Waals surface area (Å²) in [7, 11) is 0. The molecule has 0 fully saturated rings. The SMILES string of the molecule is C=C(C)C(O)Cc1cc(CCc2cc(O)cc(O)c2)cc(O)c1CO. The van der Waals surface area contributed by atoms with E-state index in [-0.39, 0.29) is 30.3 Å². The molecule has 0 heterocycles. The average molecular weight is 344 g/mol. The first kappa shape index (κ1) is 18.8. The van der Waals surface area contributed by atoms with Crippen LogP contribution in [0, 0.1) is 0 Å². The van der Waals surface area contributed by atoms with Gasteiger partial charge in [0, 0.05) is 18.1 Å². The highest BCUT2D eigenvalue weighted by Crippen LogP contribution is 2.27.